The zero-order valence-corrected chi connectivity index (χ0v) is 20.6. The van der Waals surface area contributed by atoms with Gasteiger partial charge in [-0.15, -0.1) is 0 Å². The van der Waals surface area contributed by atoms with Gasteiger partial charge in [0, 0.05) is 25.7 Å². The van der Waals surface area contributed by atoms with E-state index >= 15 is 0 Å². The van der Waals surface area contributed by atoms with Crippen molar-refractivity contribution in [3.05, 3.63) is 47.4 Å². The molecule has 35 heavy (non-hydrogen) atoms. The summed E-state index contributed by atoms with van der Waals surface area (Å²) < 4.78 is 21.6. The Morgan fingerprint density at radius 2 is 2.00 bits per heavy atom. The van der Waals surface area contributed by atoms with E-state index in [-0.39, 0.29) is 31.5 Å². The molecule has 1 N–H and O–H groups in total. The third-order valence-corrected chi connectivity index (χ3v) is 5.92. The number of carbonyl (C=O) groups is 3. The van der Waals surface area contributed by atoms with Crippen LogP contribution < -0.4 is 0 Å². The number of aliphatic hydroxyl groups is 1. The monoisotopic (exact) mass is 487 g/mol. The summed E-state index contributed by atoms with van der Waals surface area (Å²) in [7, 11) is 1.25. The summed E-state index contributed by atoms with van der Waals surface area (Å²) in [5, 5.41) is 8.87. The molecule has 1 fully saturated rings. The van der Waals surface area contributed by atoms with Crippen LogP contribution in [0.4, 0.5) is 4.79 Å². The maximum Gasteiger partial charge on any atom is 0.417 e. The predicted octanol–water partition coefficient (Wildman–Crippen LogP) is 3.40. The average Bonchev–Trinajstić information content (AvgIpc) is 3.43. The van der Waals surface area contributed by atoms with Crippen LogP contribution in [-0.4, -0.2) is 73.5 Å². The highest BCUT2D eigenvalue weighted by atomic mass is 16.6. The van der Waals surface area contributed by atoms with Gasteiger partial charge in [0.05, 0.1) is 19.3 Å². The summed E-state index contributed by atoms with van der Waals surface area (Å²) >= 11 is 0. The fourth-order valence-electron chi connectivity index (χ4n) is 4.05. The van der Waals surface area contributed by atoms with Gasteiger partial charge in [0.25, 0.3) is 5.91 Å². The number of methoxy groups -OCH3 is 1. The predicted molar refractivity (Wildman–Crippen MR) is 127 cm³/mol. The maximum absolute atomic E-state index is 13.4. The molecular formula is C26H33NO8. The molecule has 190 valence electrons. The van der Waals surface area contributed by atoms with Gasteiger partial charge in [-0.3, -0.25) is 9.59 Å². The van der Waals surface area contributed by atoms with Crippen molar-refractivity contribution < 1.29 is 38.1 Å². The van der Waals surface area contributed by atoms with Crippen molar-refractivity contribution in [3.63, 3.8) is 0 Å². The second-order valence-corrected chi connectivity index (χ2v) is 8.83. The van der Waals surface area contributed by atoms with E-state index in [9.17, 15) is 14.4 Å². The number of ketones is 1. The number of furan rings is 1. The number of carbonyl (C=O) groups excluding carboxylic acids is 3. The number of rotatable bonds is 12. The number of Topliss-reactive ketones (excluding diaryl/α,β-unsaturated/α-hetero) is 1. The molecule has 3 rings (SSSR count). The third kappa shape index (κ3) is 6.17. The molecule has 0 spiro atoms. The Morgan fingerprint density at radius 3 is 2.66 bits per heavy atom. The van der Waals surface area contributed by atoms with E-state index in [1.807, 2.05) is 45.0 Å². The molecule has 1 aromatic carbocycles. The number of hydrogen-bond donors (Lipinski definition) is 1. The average molecular weight is 488 g/mol. The first-order chi connectivity index (χ1) is 16.8. The summed E-state index contributed by atoms with van der Waals surface area (Å²) in [5.74, 6) is -0.937. The van der Waals surface area contributed by atoms with Crippen molar-refractivity contribution in [1.29, 1.82) is 0 Å². The zero-order chi connectivity index (χ0) is 25.5. The van der Waals surface area contributed by atoms with Crippen molar-refractivity contribution in [2.75, 3.05) is 33.5 Å². The van der Waals surface area contributed by atoms with Crippen molar-refractivity contribution in [1.82, 2.24) is 4.90 Å². The highest BCUT2D eigenvalue weighted by Gasteiger charge is 2.45. The van der Waals surface area contributed by atoms with E-state index in [0.29, 0.717) is 25.2 Å². The molecule has 0 unspecified atom stereocenters. The number of ether oxygens (including phenoxy) is 3. The number of amides is 2. The lowest BCUT2D eigenvalue weighted by atomic mass is 10.0. The van der Waals surface area contributed by atoms with Crippen LogP contribution in [0.2, 0.25) is 0 Å². The standard InChI is InChI=1S/C26H33NO8/c1-16(2)20-15-34-26(31)27(20)25(30)24(32-4)23(29)22-14-19(18-8-5-7-17(3)13-18)21(35-22)9-6-11-33-12-10-28/h5,7-8,13-14,16,20,24,28H,6,9-12,15H2,1-4H3/t20-,24+/m1/s1. The summed E-state index contributed by atoms with van der Waals surface area (Å²) in [6.45, 7) is 6.40. The number of aliphatic hydroxyl groups excluding tert-OH is 1. The SMILES string of the molecule is CO[C@@H](C(=O)c1cc(-c2cccc(C)c2)c(CCCOCCO)o1)C(=O)N1C(=O)OC[C@@H]1C(C)C. The molecule has 0 saturated carbocycles. The van der Waals surface area contributed by atoms with Crippen LogP contribution in [0.25, 0.3) is 11.1 Å². The van der Waals surface area contributed by atoms with Crippen molar-refractivity contribution in [2.24, 2.45) is 5.92 Å². The molecule has 9 nitrogen and oxygen atoms in total. The van der Waals surface area contributed by atoms with Crippen LogP contribution in [0, 0.1) is 12.8 Å². The topological polar surface area (TPSA) is 116 Å². The van der Waals surface area contributed by atoms with Gasteiger partial charge in [-0.25, -0.2) is 9.69 Å². The van der Waals surface area contributed by atoms with Gasteiger partial charge in [-0.2, -0.15) is 0 Å². The van der Waals surface area contributed by atoms with Gasteiger partial charge in [0.15, 0.2) is 5.76 Å². The number of imide groups is 1. The number of hydrogen-bond acceptors (Lipinski definition) is 8. The number of nitrogens with zero attached hydrogens (tertiary/aromatic N) is 1. The lowest BCUT2D eigenvalue weighted by Gasteiger charge is -2.25. The van der Waals surface area contributed by atoms with Crippen molar-refractivity contribution in [3.8, 4) is 11.1 Å². The van der Waals surface area contributed by atoms with E-state index in [0.717, 1.165) is 21.6 Å². The lowest BCUT2D eigenvalue weighted by molar-refractivity contribution is -0.137. The van der Waals surface area contributed by atoms with Crippen molar-refractivity contribution in [2.45, 2.75) is 45.8 Å². The molecule has 0 aliphatic carbocycles. The fraction of sp³-hybridized carbons (Fsp3) is 0.500. The van der Waals surface area contributed by atoms with Crippen LogP contribution in [0.3, 0.4) is 0 Å². The summed E-state index contributed by atoms with van der Waals surface area (Å²) in [5.41, 5.74) is 2.66. The zero-order valence-electron chi connectivity index (χ0n) is 20.6. The second-order valence-electron chi connectivity index (χ2n) is 8.83. The van der Waals surface area contributed by atoms with Crippen LogP contribution in [0.15, 0.2) is 34.7 Å². The normalized spacial score (nSPS) is 16.6. The first-order valence-corrected chi connectivity index (χ1v) is 11.7. The third-order valence-electron chi connectivity index (χ3n) is 5.92. The van der Waals surface area contributed by atoms with E-state index in [1.54, 1.807) is 6.07 Å². The van der Waals surface area contributed by atoms with Crippen LogP contribution >= 0.6 is 0 Å². The van der Waals surface area contributed by atoms with E-state index in [4.69, 9.17) is 23.7 Å². The number of aryl methyl sites for hydroxylation is 2. The molecule has 0 bridgehead atoms. The Morgan fingerprint density at radius 1 is 1.23 bits per heavy atom. The number of cyclic esters (lactones) is 1. The Labute approximate surface area is 204 Å². The highest BCUT2D eigenvalue weighted by molar-refractivity contribution is 6.14. The minimum absolute atomic E-state index is 0.0263. The van der Waals surface area contributed by atoms with Gasteiger partial charge < -0.3 is 23.7 Å². The second kappa shape index (κ2) is 12.1. The molecule has 9 heteroatoms. The van der Waals surface area contributed by atoms with Gasteiger partial charge in [0.2, 0.25) is 11.9 Å². The first-order valence-electron chi connectivity index (χ1n) is 11.7. The van der Waals surface area contributed by atoms with Crippen LogP contribution in [-0.2, 0) is 25.4 Å². The van der Waals surface area contributed by atoms with Gasteiger partial charge in [0.1, 0.15) is 12.4 Å². The molecule has 2 amide bonds. The first kappa shape index (κ1) is 26.6. The van der Waals surface area contributed by atoms with E-state index < -0.39 is 29.9 Å². The molecule has 2 heterocycles. The molecule has 0 radical (unpaired) electrons. The Hall–Kier alpha value is -3.01. The maximum atomic E-state index is 13.4. The highest BCUT2D eigenvalue weighted by Crippen LogP contribution is 2.31. The molecule has 1 aromatic heterocycles. The smallest absolute Gasteiger partial charge is 0.417 e. The van der Waals surface area contributed by atoms with E-state index in [2.05, 4.69) is 0 Å². The Kier molecular flexibility index (Phi) is 9.20. The van der Waals surface area contributed by atoms with Crippen LogP contribution in [0.1, 0.15) is 42.1 Å². The van der Waals surface area contributed by atoms with Gasteiger partial charge >= 0.3 is 6.09 Å². The van der Waals surface area contributed by atoms with Crippen molar-refractivity contribution >= 4 is 17.8 Å². The van der Waals surface area contributed by atoms with Gasteiger partial charge in [-0.1, -0.05) is 43.7 Å². The Balaban J connectivity index is 1.88. The van der Waals surface area contributed by atoms with Crippen LogP contribution in [0.5, 0.6) is 0 Å². The molecule has 2 atom stereocenters. The molecule has 1 aliphatic heterocycles. The molecule has 2 aromatic rings. The largest absolute Gasteiger partial charge is 0.457 e. The summed E-state index contributed by atoms with van der Waals surface area (Å²) in [6.07, 6.45) is -1.23. The summed E-state index contributed by atoms with van der Waals surface area (Å²) in [6, 6.07) is 8.93. The number of benzene rings is 1. The minimum atomic E-state index is -1.54. The lowest BCUT2D eigenvalue weighted by Crippen LogP contribution is -2.49. The minimum Gasteiger partial charge on any atom is -0.457 e. The van der Waals surface area contributed by atoms with Gasteiger partial charge in [-0.05, 0) is 30.9 Å². The Bertz CT molecular complexity index is 1040. The summed E-state index contributed by atoms with van der Waals surface area (Å²) in [4.78, 5) is 39.8. The fourth-order valence-corrected chi connectivity index (χ4v) is 4.05. The quantitative estimate of drug-likeness (QED) is 0.275. The molecule has 1 saturated heterocycles. The molecule has 1 aliphatic rings. The molecular weight excluding hydrogens is 454 g/mol. The van der Waals surface area contributed by atoms with E-state index in [1.165, 1.54) is 7.11 Å².